The van der Waals surface area contributed by atoms with E-state index in [4.69, 9.17) is 15.2 Å². The molecule has 5 nitrogen and oxygen atoms in total. The Bertz CT molecular complexity index is 419. The van der Waals surface area contributed by atoms with Gasteiger partial charge in [-0.1, -0.05) is 13.8 Å². The Morgan fingerprint density at radius 3 is 2.74 bits per heavy atom. The number of primary amides is 1. The second-order valence-electron chi connectivity index (χ2n) is 4.75. The molecule has 1 aromatic rings. The Morgan fingerprint density at radius 2 is 2.16 bits per heavy atom. The van der Waals surface area contributed by atoms with Crippen LogP contribution in [0.3, 0.4) is 0 Å². The monoisotopic (exact) mass is 266 g/mol. The van der Waals surface area contributed by atoms with E-state index >= 15 is 0 Å². The Morgan fingerprint density at radius 1 is 1.42 bits per heavy atom. The number of ether oxygens (including phenoxy) is 2. The molecule has 0 fully saturated rings. The lowest BCUT2D eigenvalue weighted by Crippen LogP contribution is -2.22. The number of rotatable bonds is 8. The number of carbonyl (C=O) groups excluding carboxylic acids is 1. The van der Waals surface area contributed by atoms with Gasteiger partial charge in [0.2, 0.25) is 0 Å². The van der Waals surface area contributed by atoms with Crippen LogP contribution in [0.4, 0.5) is 0 Å². The molecule has 0 unspecified atom stereocenters. The van der Waals surface area contributed by atoms with Crippen molar-refractivity contribution < 1.29 is 14.3 Å². The summed E-state index contributed by atoms with van der Waals surface area (Å²) in [6.07, 6.45) is 0. The molecular formula is C14H22N2O3. The molecule has 0 atom stereocenters. The van der Waals surface area contributed by atoms with Crippen LogP contribution in [-0.2, 0) is 11.3 Å². The third-order valence-corrected chi connectivity index (χ3v) is 2.51. The third-order valence-electron chi connectivity index (χ3n) is 2.51. The molecule has 0 heterocycles. The lowest BCUT2D eigenvalue weighted by Gasteiger charge is -2.13. The van der Waals surface area contributed by atoms with E-state index in [-0.39, 0.29) is 6.61 Å². The minimum atomic E-state index is -0.489. The lowest BCUT2D eigenvalue weighted by atomic mass is 10.1. The highest BCUT2D eigenvalue weighted by atomic mass is 16.5. The molecule has 0 aliphatic carbocycles. The minimum absolute atomic E-state index is 0.122. The van der Waals surface area contributed by atoms with Crippen molar-refractivity contribution in [1.29, 1.82) is 0 Å². The molecule has 3 N–H and O–H groups in total. The van der Waals surface area contributed by atoms with Crippen LogP contribution in [0.2, 0.25) is 0 Å². The standard InChI is InChI=1S/C14H22N2O3/c1-10(2)7-16-8-11-6-12(18-3)4-5-13(11)19-9-14(15)17/h4-6,10,16H,7-9H2,1-3H3,(H2,15,17). The van der Waals surface area contributed by atoms with E-state index in [9.17, 15) is 4.79 Å². The maximum atomic E-state index is 10.8. The largest absolute Gasteiger partial charge is 0.497 e. The van der Waals surface area contributed by atoms with Gasteiger partial charge >= 0.3 is 0 Å². The van der Waals surface area contributed by atoms with Gasteiger partial charge in [-0.2, -0.15) is 0 Å². The molecule has 0 saturated carbocycles. The van der Waals surface area contributed by atoms with E-state index in [0.717, 1.165) is 17.9 Å². The molecule has 1 rings (SSSR count). The predicted octanol–water partition coefficient (Wildman–Crippen LogP) is 1.30. The van der Waals surface area contributed by atoms with Gasteiger partial charge in [-0.15, -0.1) is 0 Å². The summed E-state index contributed by atoms with van der Waals surface area (Å²) < 4.78 is 10.6. The maximum absolute atomic E-state index is 10.8. The van der Waals surface area contributed by atoms with Crippen molar-refractivity contribution in [3.05, 3.63) is 23.8 Å². The van der Waals surface area contributed by atoms with Crippen molar-refractivity contribution in [2.75, 3.05) is 20.3 Å². The van der Waals surface area contributed by atoms with Gasteiger partial charge in [0.05, 0.1) is 7.11 Å². The average Bonchev–Trinajstić information content (AvgIpc) is 2.36. The summed E-state index contributed by atoms with van der Waals surface area (Å²) in [5, 5.41) is 3.33. The molecule has 0 aliphatic rings. The summed E-state index contributed by atoms with van der Waals surface area (Å²) in [4.78, 5) is 10.8. The van der Waals surface area contributed by atoms with E-state index in [1.165, 1.54) is 0 Å². The van der Waals surface area contributed by atoms with Crippen LogP contribution in [-0.4, -0.2) is 26.2 Å². The molecular weight excluding hydrogens is 244 g/mol. The lowest BCUT2D eigenvalue weighted by molar-refractivity contribution is -0.119. The number of nitrogens with one attached hydrogen (secondary N) is 1. The van der Waals surface area contributed by atoms with Crippen LogP contribution < -0.4 is 20.5 Å². The van der Waals surface area contributed by atoms with Crippen LogP contribution in [0, 0.1) is 5.92 Å². The van der Waals surface area contributed by atoms with Crippen molar-refractivity contribution in [2.24, 2.45) is 11.7 Å². The molecule has 0 aromatic heterocycles. The second kappa shape index (κ2) is 7.63. The molecule has 1 amide bonds. The zero-order chi connectivity index (χ0) is 14.3. The summed E-state index contributed by atoms with van der Waals surface area (Å²) >= 11 is 0. The zero-order valence-corrected chi connectivity index (χ0v) is 11.7. The Balaban J connectivity index is 2.74. The first-order chi connectivity index (χ1) is 9.02. The van der Waals surface area contributed by atoms with Crippen LogP contribution in [0.5, 0.6) is 11.5 Å². The fourth-order valence-electron chi connectivity index (χ4n) is 1.61. The highest BCUT2D eigenvalue weighted by Crippen LogP contribution is 2.24. The number of methoxy groups -OCH3 is 1. The Labute approximate surface area is 114 Å². The van der Waals surface area contributed by atoms with E-state index in [1.807, 2.05) is 6.07 Å². The molecule has 0 bridgehead atoms. The van der Waals surface area contributed by atoms with Crippen molar-refractivity contribution in [3.63, 3.8) is 0 Å². The number of hydrogen-bond acceptors (Lipinski definition) is 4. The predicted molar refractivity (Wildman–Crippen MR) is 74.2 cm³/mol. The van der Waals surface area contributed by atoms with Gasteiger partial charge in [0.15, 0.2) is 6.61 Å². The van der Waals surface area contributed by atoms with Gasteiger partial charge < -0.3 is 20.5 Å². The zero-order valence-electron chi connectivity index (χ0n) is 11.7. The molecule has 0 radical (unpaired) electrons. The minimum Gasteiger partial charge on any atom is -0.497 e. The summed E-state index contributed by atoms with van der Waals surface area (Å²) in [7, 11) is 1.62. The first-order valence-electron chi connectivity index (χ1n) is 6.31. The van der Waals surface area contributed by atoms with Crippen molar-refractivity contribution >= 4 is 5.91 Å². The molecule has 5 heteroatoms. The molecule has 0 spiro atoms. The molecule has 106 valence electrons. The van der Waals surface area contributed by atoms with Gasteiger partial charge in [-0.25, -0.2) is 0 Å². The van der Waals surface area contributed by atoms with Crippen molar-refractivity contribution in [2.45, 2.75) is 20.4 Å². The highest BCUT2D eigenvalue weighted by Gasteiger charge is 2.07. The Hall–Kier alpha value is -1.75. The van der Waals surface area contributed by atoms with E-state index in [1.54, 1.807) is 19.2 Å². The van der Waals surface area contributed by atoms with Gasteiger partial charge in [-0.3, -0.25) is 4.79 Å². The van der Waals surface area contributed by atoms with Gasteiger partial charge in [0.25, 0.3) is 5.91 Å². The highest BCUT2D eigenvalue weighted by molar-refractivity contribution is 5.75. The Kier molecular flexibility index (Phi) is 6.15. The SMILES string of the molecule is COc1ccc(OCC(N)=O)c(CNCC(C)C)c1. The summed E-state index contributed by atoms with van der Waals surface area (Å²) in [5.41, 5.74) is 6.03. The van der Waals surface area contributed by atoms with Crippen LogP contribution in [0.25, 0.3) is 0 Å². The summed E-state index contributed by atoms with van der Waals surface area (Å²) in [6.45, 7) is 5.73. The fourth-order valence-corrected chi connectivity index (χ4v) is 1.61. The molecule has 1 aromatic carbocycles. The number of amides is 1. The van der Waals surface area contributed by atoms with Crippen molar-refractivity contribution in [3.8, 4) is 11.5 Å². The molecule has 19 heavy (non-hydrogen) atoms. The quantitative estimate of drug-likeness (QED) is 0.744. The number of hydrogen-bond donors (Lipinski definition) is 2. The van der Waals surface area contributed by atoms with Gasteiger partial charge in [0, 0.05) is 12.1 Å². The van der Waals surface area contributed by atoms with Gasteiger partial charge in [0.1, 0.15) is 11.5 Å². The van der Waals surface area contributed by atoms with Crippen LogP contribution in [0.15, 0.2) is 18.2 Å². The average molecular weight is 266 g/mol. The van der Waals surface area contributed by atoms with Gasteiger partial charge in [-0.05, 0) is 30.7 Å². The number of carbonyl (C=O) groups is 1. The first-order valence-corrected chi connectivity index (χ1v) is 6.31. The van der Waals surface area contributed by atoms with E-state index in [2.05, 4.69) is 19.2 Å². The first kappa shape index (κ1) is 15.3. The topological polar surface area (TPSA) is 73.6 Å². The number of nitrogens with two attached hydrogens (primary N) is 1. The van der Waals surface area contributed by atoms with Crippen LogP contribution >= 0.6 is 0 Å². The third kappa shape index (κ3) is 5.61. The second-order valence-corrected chi connectivity index (χ2v) is 4.75. The summed E-state index contributed by atoms with van der Waals surface area (Å²) in [6, 6.07) is 5.47. The normalized spacial score (nSPS) is 10.5. The molecule has 0 aliphatic heterocycles. The molecule has 0 saturated heterocycles. The van der Waals surface area contributed by atoms with Crippen LogP contribution in [0.1, 0.15) is 19.4 Å². The smallest absolute Gasteiger partial charge is 0.255 e. The van der Waals surface area contributed by atoms with Crippen molar-refractivity contribution in [1.82, 2.24) is 5.32 Å². The van der Waals surface area contributed by atoms with E-state index in [0.29, 0.717) is 18.2 Å². The summed E-state index contributed by atoms with van der Waals surface area (Å²) in [5.74, 6) is 1.49. The maximum Gasteiger partial charge on any atom is 0.255 e. The number of benzene rings is 1. The fraction of sp³-hybridized carbons (Fsp3) is 0.500. The van der Waals surface area contributed by atoms with E-state index < -0.39 is 5.91 Å².